The number of carbonyl (C=O) groups excluding carboxylic acids is 1. The van der Waals surface area contributed by atoms with Crippen LogP contribution in [0.4, 0.5) is 0 Å². The van der Waals surface area contributed by atoms with Gasteiger partial charge in [0.2, 0.25) is 0 Å². The largest absolute Gasteiger partial charge is 0.483 e. The van der Waals surface area contributed by atoms with Crippen LogP contribution in [-0.2, 0) is 11.3 Å². The molecule has 0 radical (unpaired) electrons. The van der Waals surface area contributed by atoms with Gasteiger partial charge in [-0.1, -0.05) is 30.3 Å². The summed E-state index contributed by atoms with van der Waals surface area (Å²) in [5, 5.41) is 17.8. The van der Waals surface area contributed by atoms with Crippen molar-refractivity contribution < 1.29 is 14.6 Å². The molecule has 25 heavy (non-hydrogen) atoms. The van der Waals surface area contributed by atoms with Crippen molar-refractivity contribution in [3.05, 3.63) is 42.0 Å². The van der Waals surface area contributed by atoms with Crippen LogP contribution < -0.4 is 15.4 Å². The van der Waals surface area contributed by atoms with Crippen molar-refractivity contribution in [1.82, 2.24) is 10.6 Å². The SMILES string of the molecule is CC(O)CNCc1c(OCC(=O)NC(C)(C)C)ccc2ccccc12. The standard InChI is InChI=1S/C20H28N2O3/c1-14(23)11-21-12-17-16-8-6-5-7-15(16)9-10-18(17)25-13-19(24)22-20(2,3)4/h5-10,14,21,23H,11-13H2,1-4H3,(H,22,24). The monoisotopic (exact) mass is 344 g/mol. The quantitative estimate of drug-likeness (QED) is 0.722. The molecule has 5 heteroatoms. The topological polar surface area (TPSA) is 70.6 Å². The van der Waals surface area contributed by atoms with Crippen LogP contribution in [0.1, 0.15) is 33.3 Å². The van der Waals surface area contributed by atoms with E-state index in [-0.39, 0.29) is 18.1 Å². The summed E-state index contributed by atoms with van der Waals surface area (Å²) in [6.45, 7) is 8.57. The van der Waals surface area contributed by atoms with E-state index in [0.29, 0.717) is 18.8 Å². The number of fused-ring (bicyclic) bond motifs is 1. The molecule has 3 N–H and O–H groups in total. The highest BCUT2D eigenvalue weighted by molar-refractivity contribution is 5.88. The van der Waals surface area contributed by atoms with E-state index in [1.54, 1.807) is 6.92 Å². The van der Waals surface area contributed by atoms with Crippen LogP contribution in [0.25, 0.3) is 10.8 Å². The number of carbonyl (C=O) groups is 1. The van der Waals surface area contributed by atoms with Gasteiger partial charge in [0.25, 0.3) is 5.91 Å². The van der Waals surface area contributed by atoms with E-state index < -0.39 is 6.10 Å². The van der Waals surface area contributed by atoms with E-state index >= 15 is 0 Å². The van der Waals surface area contributed by atoms with Crippen molar-refractivity contribution in [2.24, 2.45) is 0 Å². The average Bonchev–Trinajstić information content (AvgIpc) is 2.51. The Morgan fingerprint density at radius 3 is 2.60 bits per heavy atom. The number of ether oxygens (including phenoxy) is 1. The normalized spacial score (nSPS) is 12.8. The first-order valence-electron chi connectivity index (χ1n) is 8.59. The van der Waals surface area contributed by atoms with Gasteiger partial charge in [-0.3, -0.25) is 4.79 Å². The smallest absolute Gasteiger partial charge is 0.258 e. The predicted octanol–water partition coefficient (Wildman–Crippen LogP) is 2.60. The molecule has 2 aromatic carbocycles. The molecule has 5 nitrogen and oxygen atoms in total. The van der Waals surface area contributed by atoms with Crippen molar-refractivity contribution in [3.63, 3.8) is 0 Å². The van der Waals surface area contributed by atoms with Gasteiger partial charge in [0.05, 0.1) is 6.10 Å². The molecule has 0 heterocycles. The van der Waals surface area contributed by atoms with Gasteiger partial charge >= 0.3 is 0 Å². The lowest BCUT2D eigenvalue weighted by Gasteiger charge is -2.21. The summed E-state index contributed by atoms with van der Waals surface area (Å²) >= 11 is 0. The zero-order valence-corrected chi connectivity index (χ0v) is 15.4. The lowest BCUT2D eigenvalue weighted by molar-refractivity contribution is -0.124. The molecule has 136 valence electrons. The molecule has 2 rings (SSSR count). The number of benzene rings is 2. The highest BCUT2D eigenvalue weighted by Gasteiger charge is 2.15. The fourth-order valence-corrected chi connectivity index (χ4v) is 2.64. The van der Waals surface area contributed by atoms with Gasteiger partial charge in [-0.05, 0) is 44.5 Å². The molecular weight excluding hydrogens is 316 g/mol. The van der Waals surface area contributed by atoms with E-state index in [9.17, 15) is 9.90 Å². The molecule has 0 spiro atoms. The Bertz CT molecular complexity index is 720. The molecule has 0 saturated heterocycles. The van der Waals surface area contributed by atoms with Crippen LogP contribution in [0.5, 0.6) is 5.75 Å². The maximum atomic E-state index is 12.0. The van der Waals surface area contributed by atoms with Crippen LogP contribution in [0.3, 0.4) is 0 Å². The summed E-state index contributed by atoms with van der Waals surface area (Å²) in [4.78, 5) is 12.0. The number of amides is 1. The third-order valence-electron chi connectivity index (χ3n) is 3.61. The molecule has 0 aliphatic heterocycles. The van der Waals surface area contributed by atoms with Crippen molar-refractivity contribution in [1.29, 1.82) is 0 Å². The van der Waals surface area contributed by atoms with Crippen LogP contribution in [0.15, 0.2) is 36.4 Å². The highest BCUT2D eigenvalue weighted by Crippen LogP contribution is 2.28. The third-order valence-corrected chi connectivity index (χ3v) is 3.61. The second-order valence-corrected chi connectivity index (χ2v) is 7.33. The first-order valence-corrected chi connectivity index (χ1v) is 8.59. The van der Waals surface area contributed by atoms with Crippen molar-refractivity contribution in [2.75, 3.05) is 13.2 Å². The Morgan fingerprint density at radius 2 is 1.92 bits per heavy atom. The Labute approximate surface area is 149 Å². The fraction of sp³-hybridized carbons (Fsp3) is 0.450. The number of hydrogen-bond acceptors (Lipinski definition) is 4. The van der Waals surface area contributed by atoms with Gasteiger partial charge in [0.1, 0.15) is 5.75 Å². The Balaban J connectivity index is 2.18. The molecule has 1 atom stereocenters. The van der Waals surface area contributed by atoms with Gasteiger partial charge in [0, 0.05) is 24.2 Å². The molecule has 1 unspecified atom stereocenters. The van der Waals surface area contributed by atoms with Crippen molar-refractivity contribution >= 4 is 16.7 Å². The minimum Gasteiger partial charge on any atom is -0.483 e. The van der Waals surface area contributed by atoms with Crippen molar-refractivity contribution in [2.45, 2.75) is 45.9 Å². The second kappa shape index (κ2) is 8.32. The number of rotatable bonds is 7. The van der Waals surface area contributed by atoms with Gasteiger partial charge in [0.15, 0.2) is 6.61 Å². The fourth-order valence-electron chi connectivity index (χ4n) is 2.64. The van der Waals surface area contributed by atoms with Crippen LogP contribution in [0.2, 0.25) is 0 Å². The number of aliphatic hydroxyl groups is 1. The van der Waals surface area contributed by atoms with E-state index in [2.05, 4.69) is 10.6 Å². The maximum absolute atomic E-state index is 12.0. The summed E-state index contributed by atoms with van der Waals surface area (Å²) in [5.41, 5.74) is 0.702. The Kier molecular flexibility index (Phi) is 6.39. The molecule has 1 amide bonds. The molecule has 0 aliphatic rings. The summed E-state index contributed by atoms with van der Waals surface area (Å²) in [6.07, 6.45) is -0.420. The third kappa shape index (κ3) is 6.03. The molecule has 0 aromatic heterocycles. The average molecular weight is 344 g/mol. The first-order chi connectivity index (χ1) is 11.8. The molecule has 0 aliphatic carbocycles. The van der Waals surface area contributed by atoms with E-state index in [4.69, 9.17) is 4.74 Å². The van der Waals surface area contributed by atoms with E-state index in [0.717, 1.165) is 16.3 Å². The minimum atomic E-state index is -0.420. The molecule has 0 saturated carbocycles. The molecule has 0 fully saturated rings. The molecule has 0 bridgehead atoms. The number of hydrogen-bond donors (Lipinski definition) is 3. The summed E-state index contributed by atoms with van der Waals surface area (Å²) in [7, 11) is 0. The number of aliphatic hydroxyl groups excluding tert-OH is 1. The van der Waals surface area contributed by atoms with Crippen LogP contribution >= 0.6 is 0 Å². The number of nitrogens with one attached hydrogen (secondary N) is 2. The predicted molar refractivity (Wildman–Crippen MR) is 101 cm³/mol. The Hall–Kier alpha value is -2.11. The van der Waals surface area contributed by atoms with E-state index in [1.165, 1.54) is 0 Å². The van der Waals surface area contributed by atoms with Crippen LogP contribution in [-0.4, -0.2) is 35.8 Å². The lowest BCUT2D eigenvalue weighted by Crippen LogP contribution is -2.43. The van der Waals surface area contributed by atoms with Gasteiger partial charge in [-0.15, -0.1) is 0 Å². The van der Waals surface area contributed by atoms with Gasteiger partial charge < -0.3 is 20.5 Å². The first kappa shape index (κ1) is 19.2. The zero-order chi connectivity index (χ0) is 18.4. The van der Waals surface area contributed by atoms with Crippen LogP contribution in [0, 0.1) is 0 Å². The second-order valence-electron chi connectivity index (χ2n) is 7.33. The van der Waals surface area contributed by atoms with Crippen molar-refractivity contribution in [3.8, 4) is 5.75 Å². The summed E-state index contributed by atoms with van der Waals surface area (Å²) in [5.74, 6) is 0.532. The minimum absolute atomic E-state index is 0.0288. The summed E-state index contributed by atoms with van der Waals surface area (Å²) < 4.78 is 5.80. The van der Waals surface area contributed by atoms with Gasteiger partial charge in [-0.2, -0.15) is 0 Å². The Morgan fingerprint density at radius 1 is 1.20 bits per heavy atom. The zero-order valence-electron chi connectivity index (χ0n) is 15.4. The lowest BCUT2D eigenvalue weighted by atomic mass is 10.0. The highest BCUT2D eigenvalue weighted by atomic mass is 16.5. The summed E-state index contributed by atoms with van der Waals surface area (Å²) in [6, 6.07) is 11.9. The van der Waals surface area contributed by atoms with E-state index in [1.807, 2.05) is 57.2 Å². The molecule has 2 aromatic rings. The maximum Gasteiger partial charge on any atom is 0.258 e. The molecular formula is C20H28N2O3. The van der Waals surface area contributed by atoms with Gasteiger partial charge in [-0.25, -0.2) is 0 Å².